The van der Waals surface area contributed by atoms with Gasteiger partial charge in [-0.15, -0.1) is 0 Å². The number of hydrogen-bond acceptors (Lipinski definition) is 3. The lowest BCUT2D eigenvalue weighted by atomic mass is 9.44. The van der Waals surface area contributed by atoms with E-state index < -0.39 is 5.60 Å². The summed E-state index contributed by atoms with van der Waals surface area (Å²) in [5.41, 5.74) is 0.575. The van der Waals surface area contributed by atoms with Gasteiger partial charge in [-0.1, -0.05) is 32.0 Å². The molecule has 0 bridgehead atoms. The van der Waals surface area contributed by atoms with Crippen molar-refractivity contribution >= 4 is 23.0 Å². The molecule has 5 heteroatoms. The number of hydrogen-bond donors (Lipinski definition) is 4. The van der Waals surface area contributed by atoms with Gasteiger partial charge in [-0.2, -0.15) is 0 Å². The van der Waals surface area contributed by atoms with Crippen molar-refractivity contribution < 1.29 is 10.2 Å². The molecule has 0 aromatic heterocycles. The number of benzene rings is 1. The van der Waals surface area contributed by atoms with Crippen LogP contribution in [0.5, 0.6) is 0 Å². The summed E-state index contributed by atoms with van der Waals surface area (Å²) < 4.78 is 0. The number of thiocarbonyl (C=S) groups is 1. The molecule has 0 radical (unpaired) electrons. The van der Waals surface area contributed by atoms with Crippen LogP contribution in [0.1, 0.15) is 71.6 Å². The van der Waals surface area contributed by atoms with Crippen molar-refractivity contribution in [3.63, 3.8) is 0 Å². The third-order valence-corrected chi connectivity index (χ3v) is 10.8. The number of fused-ring (bicyclic) bond motifs is 5. The van der Waals surface area contributed by atoms with Gasteiger partial charge in [0.2, 0.25) is 0 Å². The number of rotatable bonds is 3. The number of aliphatic hydroxyl groups is 2. The summed E-state index contributed by atoms with van der Waals surface area (Å²) in [4.78, 5) is 0. The zero-order valence-corrected chi connectivity index (χ0v) is 20.5. The molecule has 4 fully saturated rings. The summed E-state index contributed by atoms with van der Waals surface area (Å²) >= 11 is 5.53. The van der Waals surface area contributed by atoms with E-state index >= 15 is 0 Å². The van der Waals surface area contributed by atoms with Crippen molar-refractivity contribution in [3.8, 4) is 0 Å². The predicted molar refractivity (Wildman–Crippen MR) is 133 cm³/mol. The van der Waals surface area contributed by atoms with Gasteiger partial charge in [0.05, 0.1) is 11.7 Å². The van der Waals surface area contributed by atoms with E-state index in [-0.39, 0.29) is 11.5 Å². The zero-order valence-electron chi connectivity index (χ0n) is 19.6. The van der Waals surface area contributed by atoms with Crippen LogP contribution in [0.4, 0.5) is 5.69 Å². The fraction of sp³-hybridized carbons (Fsp3) is 0.741. The molecule has 4 nitrogen and oxygen atoms in total. The molecule has 4 aliphatic carbocycles. The molecule has 0 unspecified atom stereocenters. The topological polar surface area (TPSA) is 64.5 Å². The number of nitrogens with one attached hydrogen (secondary N) is 2. The minimum atomic E-state index is -0.717. The van der Waals surface area contributed by atoms with Crippen molar-refractivity contribution in [1.29, 1.82) is 0 Å². The third-order valence-electron chi connectivity index (χ3n) is 10.5. The van der Waals surface area contributed by atoms with Crippen LogP contribution < -0.4 is 10.6 Å². The lowest BCUT2D eigenvalue weighted by molar-refractivity contribution is -0.156. The maximum Gasteiger partial charge on any atom is 0.170 e. The van der Waals surface area contributed by atoms with Crippen molar-refractivity contribution in [2.24, 2.45) is 34.5 Å². The monoisotopic (exact) mass is 456 g/mol. The van der Waals surface area contributed by atoms with E-state index in [1.165, 1.54) is 25.7 Å². The van der Waals surface area contributed by atoms with E-state index in [4.69, 9.17) is 12.2 Å². The molecule has 0 spiro atoms. The number of para-hydroxylation sites is 1. The quantitative estimate of drug-likeness (QED) is 0.476. The summed E-state index contributed by atoms with van der Waals surface area (Å²) in [6.07, 6.45) is 9.88. The Morgan fingerprint density at radius 2 is 1.75 bits per heavy atom. The van der Waals surface area contributed by atoms with Gasteiger partial charge < -0.3 is 20.8 Å². The maximum absolute atomic E-state index is 11.9. The van der Waals surface area contributed by atoms with Crippen LogP contribution in [-0.2, 0) is 0 Å². The average molecular weight is 457 g/mol. The molecule has 4 aliphatic rings. The van der Waals surface area contributed by atoms with Crippen LogP contribution in [0.2, 0.25) is 0 Å². The molecule has 5 rings (SSSR count). The molecule has 0 saturated heterocycles. The Hall–Kier alpha value is -1.17. The van der Waals surface area contributed by atoms with Gasteiger partial charge in [0, 0.05) is 17.6 Å². The first-order valence-electron chi connectivity index (χ1n) is 12.8. The van der Waals surface area contributed by atoms with E-state index in [2.05, 4.69) is 24.5 Å². The molecule has 1 aromatic rings. The fourth-order valence-electron chi connectivity index (χ4n) is 8.56. The van der Waals surface area contributed by atoms with Crippen molar-refractivity contribution in [3.05, 3.63) is 30.3 Å². The highest BCUT2D eigenvalue weighted by Crippen LogP contribution is 2.68. The standard InChI is InChI=1S/C27H40N2O2S/c1-25-13-10-20(30)16-18(25)8-9-21-22(25)11-14-26(2)23(21)12-15-27(26,31)17-28-24(32)29-19-6-4-3-5-7-19/h3-7,18,20-23,30-31H,8-17H2,1-2H3,(H2,28,29,32)/t18-,20-,21+,22-,23-,25-,26-,27+/m0/s1. The Labute approximate surface area is 198 Å². The van der Waals surface area contributed by atoms with Gasteiger partial charge in [-0.3, -0.25) is 0 Å². The SMILES string of the molecule is C[C@]12CC[C@H](O)C[C@@H]1CC[C@@H]1[C@@H]2CC[C@@]2(C)[C@H]1CC[C@@]2(O)CNC(=S)Nc1ccccc1. The van der Waals surface area contributed by atoms with E-state index in [0.717, 1.165) is 43.7 Å². The van der Waals surface area contributed by atoms with Gasteiger partial charge in [0.25, 0.3) is 0 Å². The van der Waals surface area contributed by atoms with E-state index in [1.54, 1.807) is 0 Å². The molecule has 0 heterocycles. The fourth-order valence-corrected chi connectivity index (χ4v) is 8.75. The second kappa shape index (κ2) is 8.25. The van der Waals surface area contributed by atoms with Crippen LogP contribution in [0.25, 0.3) is 0 Å². The summed E-state index contributed by atoms with van der Waals surface area (Å²) in [5.74, 6) is 2.74. The van der Waals surface area contributed by atoms with Crippen LogP contribution in [-0.4, -0.2) is 33.6 Å². The summed E-state index contributed by atoms with van der Waals surface area (Å²) in [6, 6.07) is 9.96. The van der Waals surface area contributed by atoms with Gasteiger partial charge in [-0.05, 0) is 111 Å². The summed E-state index contributed by atoms with van der Waals surface area (Å²) in [6.45, 7) is 5.40. The third kappa shape index (κ3) is 3.59. The van der Waals surface area contributed by atoms with Gasteiger partial charge >= 0.3 is 0 Å². The van der Waals surface area contributed by atoms with Crippen LogP contribution in [0.3, 0.4) is 0 Å². The maximum atomic E-state index is 11.9. The molecule has 1 aromatic carbocycles. The first-order valence-corrected chi connectivity index (χ1v) is 13.2. The largest absolute Gasteiger partial charge is 0.393 e. The van der Waals surface area contributed by atoms with Crippen molar-refractivity contribution in [2.45, 2.75) is 83.3 Å². The van der Waals surface area contributed by atoms with E-state index in [9.17, 15) is 10.2 Å². The molecular weight excluding hydrogens is 416 g/mol. The van der Waals surface area contributed by atoms with E-state index in [0.29, 0.717) is 34.8 Å². The Morgan fingerprint density at radius 1 is 1.00 bits per heavy atom. The summed E-state index contributed by atoms with van der Waals surface area (Å²) in [5, 5.41) is 29.3. The predicted octanol–water partition coefficient (Wildman–Crippen LogP) is 5.11. The van der Waals surface area contributed by atoms with Gasteiger partial charge in [-0.25, -0.2) is 0 Å². The highest BCUT2D eigenvalue weighted by atomic mass is 32.1. The lowest BCUT2D eigenvalue weighted by Gasteiger charge is -2.61. The van der Waals surface area contributed by atoms with Crippen molar-refractivity contribution in [2.75, 3.05) is 11.9 Å². The first-order chi connectivity index (χ1) is 15.3. The van der Waals surface area contributed by atoms with Crippen molar-refractivity contribution in [1.82, 2.24) is 5.32 Å². The van der Waals surface area contributed by atoms with Crippen LogP contribution >= 0.6 is 12.2 Å². The lowest BCUT2D eigenvalue weighted by Crippen LogP contribution is -2.59. The van der Waals surface area contributed by atoms with Crippen LogP contribution in [0, 0.1) is 34.5 Å². The van der Waals surface area contributed by atoms with Crippen LogP contribution in [0.15, 0.2) is 30.3 Å². The Kier molecular flexibility index (Phi) is 5.83. The second-order valence-electron chi connectivity index (χ2n) is 11.8. The average Bonchev–Trinajstić information content (AvgIpc) is 3.05. The molecule has 0 aliphatic heterocycles. The first kappa shape index (κ1) is 22.6. The molecule has 176 valence electrons. The number of aliphatic hydroxyl groups excluding tert-OH is 1. The Balaban J connectivity index is 1.27. The molecule has 8 atom stereocenters. The van der Waals surface area contributed by atoms with E-state index in [1.807, 2.05) is 30.3 Å². The summed E-state index contributed by atoms with van der Waals surface area (Å²) in [7, 11) is 0. The minimum Gasteiger partial charge on any atom is -0.393 e. The molecular formula is C27H40N2O2S. The smallest absolute Gasteiger partial charge is 0.170 e. The molecule has 32 heavy (non-hydrogen) atoms. The Bertz CT molecular complexity index is 849. The minimum absolute atomic E-state index is 0.0547. The second-order valence-corrected chi connectivity index (χ2v) is 12.2. The zero-order chi connectivity index (χ0) is 22.6. The normalized spacial score (nSPS) is 45.3. The highest BCUT2D eigenvalue weighted by molar-refractivity contribution is 7.80. The molecule has 4 saturated carbocycles. The van der Waals surface area contributed by atoms with Gasteiger partial charge in [0.15, 0.2) is 5.11 Å². The molecule has 0 amide bonds. The Morgan fingerprint density at radius 3 is 2.53 bits per heavy atom. The molecule has 4 N–H and O–H groups in total. The highest BCUT2D eigenvalue weighted by Gasteiger charge is 2.64. The number of anilines is 1. The van der Waals surface area contributed by atoms with Gasteiger partial charge in [0.1, 0.15) is 0 Å².